The molecule has 2 fully saturated rings. The first kappa shape index (κ1) is 16.2. The number of hydrogen-bond donors (Lipinski definition) is 2. The molecule has 1 atom stereocenters. The molecule has 1 aliphatic carbocycles. The molecule has 1 saturated carbocycles. The zero-order chi connectivity index (χ0) is 14.2. The summed E-state index contributed by atoms with van der Waals surface area (Å²) in [5, 5.41) is 14.4. The Balaban J connectivity index is 0.00000161. The zero-order valence-electron chi connectivity index (χ0n) is 12.6. The number of hydrogen-bond acceptors (Lipinski definition) is 4. The molecule has 2 N–H and O–H groups in total. The van der Waals surface area contributed by atoms with Crippen LogP contribution in [0.3, 0.4) is 0 Å². The first-order chi connectivity index (χ1) is 9.56. The third-order valence-electron chi connectivity index (χ3n) is 4.65. The molecule has 1 aromatic heterocycles. The summed E-state index contributed by atoms with van der Waals surface area (Å²) in [5.74, 6) is 0.499. The van der Waals surface area contributed by atoms with Crippen LogP contribution in [0.25, 0.3) is 0 Å². The van der Waals surface area contributed by atoms with E-state index in [4.69, 9.17) is 0 Å². The Kier molecular flexibility index (Phi) is 4.88. The standard InChI is InChI=1S/C14H23N5O.ClH/c1-14(2)7-10(14)8-16-13(20)12-9-19(18-17-12)11-3-5-15-6-4-11;/h9-11,15H,3-8H2,1-2H3,(H,16,20);1H. The maximum absolute atomic E-state index is 12.0. The molecule has 1 aromatic rings. The minimum absolute atomic E-state index is 0. The lowest BCUT2D eigenvalue weighted by molar-refractivity contribution is 0.0945. The van der Waals surface area contributed by atoms with E-state index in [0.717, 1.165) is 32.5 Å². The molecule has 118 valence electrons. The maximum atomic E-state index is 12.0. The molecule has 3 rings (SSSR count). The Bertz CT molecular complexity index is 495. The van der Waals surface area contributed by atoms with Gasteiger partial charge >= 0.3 is 0 Å². The van der Waals surface area contributed by atoms with Crippen LogP contribution in [-0.2, 0) is 0 Å². The van der Waals surface area contributed by atoms with E-state index in [1.54, 1.807) is 6.20 Å². The molecule has 2 heterocycles. The molecule has 2 aliphatic rings. The quantitative estimate of drug-likeness (QED) is 0.881. The second-order valence-corrected chi connectivity index (χ2v) is 6.66. The van der Waals surface area contributed by atoms with Gasteiger partial charge in [0.15, 0.2) is 5.69 Å². The topological polar surface area (TPSA) is 71.8 Å². The van der Waals surface area contributed by atoms with Gasteiger partial charge in [-0.1, -0.05) is 19.1 Å². The number of rotatable bonds is 4. The Morgan fingerprint density at radius 3 is 2.76 bits per heavy atom. The SMILES string of the molecule is CC1(C)CC1CNC(=O)c1cn(C2CCNCC2)nn1.Cl. The van der Waals surface area contributed by atoms with Gasteiger partial charge in [0, 0.05) is 6.54 Å². The highest BCUT2D eigenvalue weighted by atomic mass is 35.5. The van der Waals surface area contributed by atoms with Crippen LogP contribution in [0.1, 0.15) is 49.6 Å². The number of carbonyl (C=O) groups is 1. The fraction of sp³-hybridized carbons (Fsp3) is 0.786. The maximum Gasteiger partial charge on any atom is 0.273 e. The molecule has 0 spiro atoms. The van der Waals surface area contributed by atoms with Crippen LogP contribution in [0, 0.1) is 11.3 Å². The summed E-state index contributed by atoms with van der Waals surface area (Å²) < 4.78 is 1.84. The van der Waals surface area contributed by atoms with Crippen molar-refractivity contribution in [3.05, 3.63) is 11.9 Å². The monoisotopic (exact) mass is 313 g/mol. The van der Waals surface area contributed by atoms with Crippen LogP contribution >= 0.6 is 12.4 Å². The third kappa shape index (κ3) is 3.74. The van der Waals surface area contributed by atoms with Gasteiger partial charge in [-0.3, -0.25) is 4.79 Å². The highest BCUT2D eigenvalue weighted by molar-refractivity contribution is 5.91. The summed E-state index contributed by atoms with van der Waals surface area (Å²) in [4.78, 5) is 12.0. The summed E-state index contributed by atoms with van der Waals surface area (Å²) in [6.45, 7) is 7.21. The molecular weight excluding hydrogens is 290 g/mol. The van der Waals surface area contributed by atoms with Gasteiger partial charge in [0.2, 0.25) is 0 Å². The van der Waals surface area contributed by atoms with Crippen molar-refractivity contribution >= 4 is 18.3 Å². The number of aromatic nitrogens is 3. The van der Waals surface area contributed by atoms with Gasteiger partial charge in [0.05, 0.1) is 12.2 Å². The van der Waals surface area contributed by atoms with Crippen molar-refractivity contribution < 1.29 is 4.79 Å². The van der Waals surface area contributed by atoms with E-state index < -0.39 is 0 Å². The summed E-state index contributed by atoms with van der Waals surface area (Å²) in [7, 11) is 0. The molecule has 0 bridgehead atoms. The van der Waals surface area contributed by atoms with E-state index in [2.05, 4.69) is 34.8 Å². The number of piperidine rings is 1. The van der Waals surface area contributed by atoms with Crippen LogP contribution in [0.15, 0.2) is 6.20 Å². The van der Waals surface area contributed by atoms with Gasteiger partial charge in [-0.2, -0.15) is 0 Å². The first-order valence-electron chi connectivity index (χ1n) is 7.47. The van der Waals surface area contributed by atoms with Crippen molar-refractivity contribution in [2.24, 2.45) is 11.3 Å². The predicted molar refractivity (Wildman–Crippen MR) is 82.6 cm³/mol. The molecule has 1 amide bonds. The lowest BCUT2D eigenvalue weighted by Gasteiger charge is -2.22. The van der Waals surface area contributed by atoms with Gasteiger partial charge in [0.1, 0.15) is 0 Å². The summed E-state index contributed by atoms with van der Waals surface area (Å²) in [5.41, 5.74) is 0.821. The van der Waals surface area contributed by atoms with E-state index in [-0.39, 0.29) is 18.3 Å². The molecule has 1 unspecified atom stereocenters. The van der Waals surface area contributed by atoms with Crippen molar-refractivity contribution in [3.63, 3.8) is 0 Å². The Labute approximate surface area is 131 Å². The number of nitrogens with one attached hydrogen (secondary N) is 2. The normalized spacial score (nSPS) is 24.2. The Morgan fingerprint density at radius 2 is 2.14 bits per heavy atom. The third-order valence-corrected chi connectivity index (χ3v) is 4.65. The Morgan fingerprint density at radius 1 is 1.48 bits per heavy atom. The van der Waals surface area contributed by atoms with Crippen LogP contribution in [-0.4, -0.2) is 40.5 Å². The van der Waals surface area contributed by atoms with Gasteiger partial charge in [-0.25, -0.2) is 4.68 Å². The second-order valence-electron chi connectivity index (χ2n) is 6.66. The minimum Gasteiger partial charge on any atom is -0.350 e. The van der Waals surface area contributed by atoms with E-state index in [0.29, 0.717) is 23.1 Å². The summed E-state index contributed by atoms with van der Waals surface area (Å²) in [6.07, 6.45) is 5.06. The van der Waals surface area contributed by atoms with Crippen molar-refractivity contribution in [2.75, 3.05) is 19.6 Å². The zero-order valence-corrected chi connectivity index (χ0v) is 13.4. The fourth-order valence-electron chi connectivity index (χ4n) is 2.86. The van der Waals surface area contributed by atoms with Crippen molar-refractivity contribution in [1.29, 1.82) is 0 Å². The smallest absolute Gasteiger partial charge is 0.273 e. The molecule has 1 saturated heterocycles. The van der Waals surface area contributed by atoms with Gasteiger partial charge in [-0.05, 0) is 43.7 Å². The van der Waals surface area contributed by atoms with Gasteiger partial charge < -0.3 is 10.6 Å². The number of halogens is 1. The summed E-state index contributed by atoms with van der Waals surface area (Å²) in [6, 6.07) is 0.368. The van der Waals surface area contributed by atoms with Crippen LogP contribution in [0.2, 0.25) is 0 Å². The van der Waals surface area contributed by atoms with Crippen LogP contribution in [0.4, 0.5) is 0 Å². The number of amides is 1. The van der Waals surface area contributed by atoms with Crippen molar-refractivity contribution in [2.45, 2.75) is 39.2 Å². The number of carbonyl (C=O) groups excluding carboxylic acids is 1. The molecule has 1 aliphatic heterocycles. The Hall–Kier alpha value is -1.14. The van der Waals surface area contributed by atoms with Gasteiger partial charge in [-0.15, -0.1) is 17.5 Å². The van der Waals surface area contributed by atoms with Crippen molar-refractivity contribution in [1.82, 2.24) is 25.6 Å². The highest BCUT2D eigenvalue weighted by Gasteiger charge is 2.45. The highest BCUT2D eigenvalue weighted by Crippen LogP contribution is 2.50. The molecule has 0 radical (unpaired) electrons. The lowest BCUT2D eigenvalue weighted by atomic mass is 10.1. The molecule has 21 heavy (non-hydrogen) atoms. The molecule has 7 heteroatoms. The van der Waals surface area contributed by atoms with Gasteiger partial charge in [0.25, 0.3) is 5.91 Å². The summed E-state index contributed by atoms with van der Waals surface area (Å²) >= 11 is 0. The lowest BCUT2D eigenvalue weighted by Crippen LogP contribution is -2.29. The van der Waals surface area contributed by atoms with Crippen LogP contribution in [0.5, 0.6) is 0 Å². The van der Waals surface area contributed by atoms with E-state index in [1.165, 1.54) is 6.42 Å². The van der Waals surface area contributed by atoms with Crippen molar-refractivity contribution in [3.8, 4) is 0 Å². The predicted octanol–water partition coefficient (Wildman–Crippen LogP) is 1.40. The number of nitrogens with zero attached hydrogens (tertiary/aromatic N) is 3. The average Bonchev–Trinajstić information content (AvgIpc) is 2.88. The molecule has 6 nitrogen and oxygen atoms in total. The van der Waals surface area contributed by atoms with E-state index in [1.807, 2.05) is 4.68 Å². The largest absolute Gasteiger partial charge is 0.350 e. The fourth-order valence-corrected chi connectivity index (χ4v) is 2.86. The van der Waals surface area contributed by atoms with Crippen LogP contribution < -0.4 is 10.6 Å². The minimum atomic E-state index is -0.104. The average molecular weight is 314 g/mol. The first-order valence-corrected chi connectivity index (χ1v) is 7.47. The van der Waals surface area contributed by atoms with E-state index >= 15 is 0 Å². The van der Waals surface area contributed by atoms with E-state index in [9.17, 15) is 4.79 Å². The second kappa shape index (κ2) is 6.32. The molecular formula is C14H24ClN5O. The molecule has 0 aromatic carbocycles.